The Labute approximate surface area is 163 Å². The van der Waals surface area contributed by atoms with Gasteiger partial charge in [-0.05, 0) is 52.3 Å². The van der Waals surface area contributed by atoms with E-state index >= 15 is 0 Å². The third kappa shape index (κ3) is 8.32. The molecule has 154 valence electrons. The van der Waals surface area contributed by atoms with Crippen molar-refractivity contribution in [1.29, 1.82) is 0 Å². The van der Waals surface area contributed by atoms with E-state index in [1.165, 1.54) is 17.8 Å². The summed E-state index contributed by atoms with van der Waals surface area (Å²) in [4.78, 5) is 12.6. The molecule has 0 aliphatic rings. The van der Waals surface area contributed by atoms with Gasteiger partial charge in [0.1, 0.15) is 5.60 Å². The van der Waals surface area contributed by atoms with E-state index in [2.05, 4.69) is 10.6 Å². The van der Waals surface area contributed by atoms with Crippen LogP contribution in [-0.4, -0.2) is 29.5 Å². The molecule has 0 saturated carbocycles. The van der Waals surface area contributed by atoms with E-state index in [0.717, 1.165) is 17.0 Å². The molecular weight excluding hydrogens is 377 g/mol. The Morgan fingerprint density at radius 3 is 2.26 bits per heavy atom. The van der Waals surface area contributed by atoms with Gasteiger partial charge in [0, 0.05) is 28.4 Å². The first kappa shape index (κ1) is 23.5. The molecule has 0 saturated heterocycles. The van der Waals surface area contributed by atoms with Crippen molar-refractivity contribution in [3.63, 3.8) is 0 Å². The van der Waals surface area contributed by atoms with Crippen LogP contribution in [0.15, 0.2) is 23.1 Å². The number of ether oxygens (including phenoxy) is 1. The van der Waals surface area contributed by atoms with E-state index in [0.29, 0.717) is 12.1 Å². The molecule has 0 aromatic heterocycles. The number of amides is 1. The number of thioether (sulfide) groups is 1. The zero-order valence-corrected chi connectivity index (χ0v) is 17.7. The summed E-state index contributed by atoms with van der Waals surface area (Å²) in [5.74, 6) is 0. The Balaban J connectivity index is 2.80. The van der Waals surface area contributed by atoms with E-state index in [-0.39, 0.29) is 10.8 Å². The number of nitrogens with one attached hydrogen (secondary N) is 2. The summed E-state index contributed by atoms with van der Waals surface area (Å²) in [6.07, 6.45) is -4.25. The van der Waals surface area contributed by atoms with Gasteiger partial charge in [0.2, 0.25) is 0 Å². The summed E-state index contributed by atoms with van der Waals surface area (Å²) in [6.45, 7) is 11.2. The Bertz CT molecular complexity index is 655. The van der Waals surface area contributed by atoms with E-state index < -0.39 is 23.4 Å². The normalized spacial score (nSPS) is 13.9. The lowest BCUT2D eigenvalue weighted by Crippen LogP contribution is -2.40. The molecule has 1 unspecified atom stereocenters. The van der Waals surface area contributed by atoms with E-state index in [1.807, 2.05) is 20.8 Å². The van der Waals surface area contributed by atoms with Crippen LogP contribution in [0.5, 0.6) is 0 Å². The predicted octanol–water partition coefficient (Wildman–Crippen LogP) is 5.92. The zero-order chi connectivity index (χ0) is 21.0. The first-order valence-corrected chi connectivity index (χ1v) is 9.52. The zero-order valence-electron chi connectivity index (χ0n) is 16.9. The fourth-order valence-electron chi connectivity index (χ4n) is 2.63. The molecule has 1 rings (SSSR count). The van der Waals surface area contributed by atoms with Crippen LogP contribution < -0.4 is 10.6 Å². The van der Waals surface area contributed by atoms with Crippen molar-refractivity contribution < 1.29 is 22.7 Å². The number of benzene rings is 1. The van der Waals surface area contributed by atoms with Gasteiger partial charge < -0.3 is 15.4 Å². The number of alkyl halides is 3. The molecule has 1 atom stereocenters. The predicted molar refractivity (Wildman–Crippen MR) is 104 cm³/mol. The minimum atomic E-state index is -4.38. The number of rotatable bonds is 6. The number of hydrogen-bond acceptors (Lipinski definition) is 4. The molecule has 8 heteroatoms. The molecule has 1 aromatic carbocycles. The Morgan fingerprint density at radius 2 is 1.78 bits per heavy atom. The molecule has 1 aromatic rings. The molecule has 4 nitrogen and oxygen atoms in total. The minimum Gasteiger partial charge on any atom is -0.444 e. The van der Waals surface area contributed by atoms with Gasteiger partial charge in [-0.1, -0.05) is 13.8 Å². The summed E-state index contributed by atoms with van der Waals surface area (Å²) >= 11 is 1.46. The van der Waals surface area contributed by atoms with Crippen LogP contribution in [-0.2, 0) is 10.9 Å². The molecule has 0 spiro atoms. The van der Waals surface area contributed by atoms with Gasteiger partial charge in [0.05, 0.1) is 5.56 Å². The topological polar surface area (TPSA) is 50.4 Å². The molecule has 0 radical (unpaired) electrons. The van der Waals surface area contributed by atoms with E-state index in [4.69, 9.17) is 4.74 Å². The highest BCUT2D eigenvalue weighted by Crippen LogP contribution is 2.41. The van der Waals surface area contributed by atoms with Crippen molar-refractivity contribution in [3.05, 3.63) is 23.8 Å². The standard InChI is InChI=1S/C19H29F3N2O2S/c1-12(24-16(25)26-17(2,3)4)11-18(5,6)27-15-9-8-13(19(20,21)22)10-14(15)23-7/h8-10,12,23H,11H2,1-7H3,(H,24,25). The van der Waals surface area contributed by atoms with Crippen LogP contribution in [0.2, 0.25) is 0 Å². The maximum Gasteiger partial charge on any atom is 0.416 e. The first-order chi connectivity index (χ1) is 12.1. The van der Waals surface area contributed by atoms with Crippen LogP contribution >= 0.6 is 11.8 Å². The highest BCUT2D eigenvalue weighted by molar-refractivity contribution is 8.00. The summed E-state index contributed by atoms with van der Waals surface area (Å²) in [5.41, 5.74) is -0.833. The summed E-state index contributed by atoms with van der Waals surface area (Å²) in [5, 5.41) is 5.63. The monoisotopic (exact) mass is 406 g/mol. The fourth-order valence-corrected chi connectivity index (χ4v) is 3.96. The van der Waals surface area contributed by atoms with Crippen molar-refractivity contribution in [2.24, 2.45) is 0 Å². The lowest BCUT2D eigenvalue weighted by Gasteiger charge is -2.29. The van der Waals surface area contributed by atoms with Gasteiger partial charge in [-0.25, -0.2) is 4.79 Å². The van der Waals surface area contributed by atoms with Crippen LogP contribution in [0.25, 0.3) is 0 Å². The first-order valence-electron chi connectivity index (χ1n) is 8.70. The molecule has 0 heterocycles. The lowest BCUT2D eigenvalue weighted by molar-refractivity contribution is -0.137. The number of carbonyl (C=O) groups excluding carboxylic acids is 1. The number of halogens is 3. The molecule has 27 heavy (non-hydrogen) atoms. The van der Waals surface area contributed by atoms with Gasteiger partial charge in [-0.15, -0.1) is 11.8 Å². The number of anilines is 1. The highest BCUT2D eigenvalue weighted by atomic mass is 32.2. The summed E-state index contributed by atoms with van der Waals surface area (Å²) in [6, 6.07) is 3.52. The molecule has 0 fully saturated rings. The van der Waals surface area contributed by atoms with Crippen molar-refractivity contribution in [2.75, 3.05) is 12.4 Å². The maximum atomic E-state index is 12.9. The maximum absolute atomic E-state index is 12.9. The number of alkyl carbamates (subject to hydrolysis) is 1. The number of carbonyl (C=O) groups is 1. The summed E-state index contributed by atoms with van der Waals surface area (Å²) in [7, 11) is 1.60. The van der Waals surface area contributed by atoms with E-state index in [9.17, 15) is 18.0 Å². The SMILES string of the molecule is CNc1cc(C(F)(F)F)ccc1SC(C)(C)CC(C)NC(=O)OC(C)(C)C. The third-order valence-corrected chi connectivity index (χ3v) is 4.82. The van der Waals surface area contributed by atoms with Gasteiger partial charge in [-0.3, -0.25) is 0 Å². The molecule has 1 amide bonds. The molecule has 0 bridgehead atoms. The van der Waals surface area contributed by atoms with Crippen LogP contribution in [0, 0.1) is 0 Å². The van der Waals surface area contributed by atoms with Gasteiger partial charge in [0.25, 0.3) is 0 Å². The van der Waals surface area contributed by atoms with Crippen molar-refractivity contribution in [3.8, 4) is 0 Å². The van der Waals surface area contributed by atoms with Gasteiger partial charge in [0.15, 0.2) is 0 Å². The fraction of sp³-hybridized carbons (Fsp3) is 0.632. The van der Waals surface area contributed by atoms with Gasteiger partial charge in [-0.2, -0.15) is 13.2 Å². The highest BCUT2D eigenvalue weighted by Gasteiger charge is 2.32. The van der Waals surface area contributed by atoms with Crippen molar-refractivity contribution >= 4 is 23.5 Å². The average Bonchev–Trinajstić information content (AvgIpc) is 2.42. The van der Waals surface area contributed by atoms with Gasteiger partial charge >= 0.3 is 12.3 Å². The van der Waals surface area contributed by atoms with Crippen LogP contribution in [0.4, 0.5) is 23.7 Å². The second-order valence-electron chi connectivity index (χ2n) is 8.07. The van der Waals surface area contributed by atoms with E-state index in [1.54, 1.807) is 27.8 Å². The molecular formula is C19H29F3N2O2S. The third-order valence-electron chi connectivity index (χ3n) is 3.52. The quantitative estimate of drug-likeness (QED) is 0.576. The smallest absolute Gasteiger partial charge is 0.416 e. The largest absolute Gasteiger partial charge is 0.444 e. The minimum absolute atomic E-state index is 0.158. The van der Waals surface area contributed by atoms with Crippen LogP contribution in [0.3, 0.4) is 0 Å². The number of hydrogen-bond donors (Lipinski definition) is 2. The van der Waals surface area contributed by atoms with Crippen LogP contribution in [0.1, 0.15) is 53.5 Å². The Hall–Kier alpha value is -1.57. The van der Waals surface area contributed by atoms with Crippen molar-refractivity contribution in [1.82, 2.24) is 5.32 Å². The Morgan fingerprint density at radius 1 is 1.19 bits per heavy atom. The summed E-state index contributed by atoms with van der Waals surface area (Å²) < 4.78 is 43.6. The average molecular weight is 407 g/mol. The second-order valence-corrected chi connectivity index (χ2v) is 9.82. The molecule has 0 aliphatic heterocycles. The lowest BCUT2D eigenvalue weighted by atomic mass is 10.0. The molecule has 0 aliphatic carbocycles. The molecule has 2 N–H and O–H groups in total. The van der Waals surface area contributed by atoms with Crippen molar-refractivity contribution in [2.45, 2.75) is 75.4 Å². The second kappa shape index (κ2) is 8.63. The Kier molecular flexibility index (Phi) is 7.50.